The molecule has 0 aromatic carbocycles. The molecule has 7 heteroatoms. The minimum absolute atomic E-state index is 0.0725. The van der Waals surface area contributed by atoms with Gasteiger partial charge in [-0.05, 0) is 0 Å². The first-order valence-corrected chi connectivity index (χ1v) is 4.09. The lowest BCUT2D eigenvalue weighted by molar-refractivity contribution is -0.255. The zero-order valence-electron chi connectivity index (χ0n) is 5.97. The van der Waals surface area contributed by atoms with Gasteiger partial charge in [-0.25, -0.2) is 4.98 Å². The van der Waals surface area contributed by atoms with Crippen LogP contribution in [0.2, 0.25) is 15.2 Å². The normalized spacial score (nSPS) is 10.1. The highest BCUT2D eigenvalue weighted by Gasteiger charge is 2.14. The second-order valence-corrected chi connectivity index (χ2v) is 3.19. The molecule has 0 saturated carbocycles. The second-order valence-electron chi connectivity index (χ2n) is 2.08. The zero-order chi connectivity index (χ0) is 10.2. The molecule has 1 aromatic rings. The molecule has 2 N–H and O–H groups in total. The summed E-state index contributed by atoms with van der Waals surface area (Å²) in [5.41, 5.74) is 4.70. The molecule has 0 spiro atoms. The molecular formula is C6H2Cl3N2O2-. The smallest absolute Gasteiger partial charge is 0.150 e. The number of nitrogen functional groups attached to an aromatic ring is 1. The predicted octanol–water partition coefficient (Wildman–Crippen LogP) is 0.988. The summed E-state index contributed by atoms with van der Waals surface area (Å²) in [4.78, 5) is 13.8. The Labute approximate surface area is 88.2 Å². The van der Waals surface area contributed by atoms with E-state index in [1.165, 1.54) is 0 Å². The maximum atomic E-state index is 10.4. The lowest BCUT2D eigenvalue weighted by atomic mass is 10.3. The topological polar surface area (TPSA) is 79.0 Å². The second kappa shape index (κ2) is 3.57. The zero-order valence-corrected chi connectivity index (χ0v) is 8.24. The third kappa shape index (κ3) is 1.80. The minimum atomic E-state index is -1.56. The minimum Gasteiger partial charge on any atom is -0.543 e. The lowest BCUT2D eigenvalue weighted by Crippen LogP contribution is -2.24. The number of pyridine rings is 1. The van der Waals surface area contributed by atoms with Gasteiger partial charge in [-0.15, -0.1) is 0 Å². The largest absolute Gasteiger partial charge is 0.543 e. The van der Waals surface area contributed by atoms with Gasteiger partial charge in [0.1, 0.15) is 10.7 Å². The van der Waals surface area contributed by atoms with Crippen LogP contribution >= 0.6 is 34.8 Å². The van der Waals surface area contributed by atoms with E-state index in [1.54, 1.807) is 0 Å². The van der Waals surface area contributed by atoms with Crippen molar-refractivity contribution < 1.29 is 9.90 Å². The molecule has 1 heterocycles. The van der Waals surface area contributed by atoms with Crippen LogP contribution in [0.5, 0.6) is 0 Å². The molecular weight excluding hydrogens is 238 g/mol. The van der Waals surface area contributed by atoms with E-state index < -0.39 is 11.7 Å². The molecule has 0 unspecified atom stereocenters. The summed E-state index contributed by atoms with van der Waals surface area (Å²) in [6, 6.07) is 0. The maximum absolute atomic E-state index is 10.4. The number of nitrogens with two attached hydrogens (primary N) is 1. The van der Waals surface area contributed by atoms with Crippen LogP contribution in [0, 0.1) is 0 Å². The van der Waals surface area contributed by atoms with Gasteiger partial charge < -0.3 is 15.6 Å². The van der Waals surface area contributed by atoms with Crippen LogP contribution in [-0.4, -0.2) is 11.0 Å². The highest BCUT2D eigenvalue weighted by molar-refractivity contribution is 6.45. The summed E-state index contributed by atoms with van der Waals surface area (Å²) in [6.45, 7) is 0. The predicted molar refractivity (Wildman–Crippen MR) is 48.0 cm³/mol. The molecule has 70 valence electrons. The van der Waals surface area contributed by atoms with Crippen LogP contribution in [0.3, 0.4) is 0 Å². The average molecular weight is 240 g/mol. The molecule has 0 aliphatic heterocycles. The molecule has 13 heavy (non-hydrogen) atoms. The van der Waals surface area contributed by atoms with Crippen molar-refractivity contribution in [2.24, 2.45) is 0 Å². The number of carboxylic acids is 1. The lowest BCUT2D eigenvalue weighted by Gasteiger charge is -2.08. The Morgan fingerprint density at radius 3 is 2.31 bits per heavy atom. The number of aromatic nitrogens is 1. The molecule has 0 atom stereocenters. The first-order valence-electron chi connectivity index (χ1n) is 2.96. The first kappa shape index (κ1) is 10.4. The Bertz CT molecular complexity index is 381. The number of carboxylic acid groups (broad SMARTS) is 1. The number of hydrogen-bond donors (Lipinski definition) is 1. The van der Waals surface area contributed by atoms with Gasteiger partial charge in [0.05, 0.1) is 16.7 Å². The Balaban J connectivity index is 3.50. The van der Waals surface area contributed by atoms with Gasteiger partial charge in [0, 0.05) is 0 Å². The number of aromatic carboxylic acids is 1. The van der Waals surface area contributed by atoms with Gasteiger partial charge in [0.15, 0.2) is 5.15 Å². The van der Waals surface area contributed by atoms with Crippen molar-refractivity contribution in [1.29, 1.82) is 0 Å². The Morgan fingerprint density at radius 2 is 1.85 bits per heavy atom. The molecule has 0 aliphatic rings. The Morgan fingerprint density at radius 1 is 1.31 bits per heavy atom. The Hall–Kier alpha value is -0.710. The number of rotatable bonds is 1. The van der Waals surface area contributed by atoms with Gasteiger partial charge in [-0.1, -0.05) is 34.8 Å². The molecule has 4 nitrogen and oxygen atoms in total. The number of carbonyl (C=O) groups is 1. The fourth-order valence-electron chi connectivity index (χ4n) is 0.667. The van der Waals surface area contributed by atoms with Crippen LogP contribution < -0.4 is 10.8 Å². The van der Waals surface area contributed by atoms with Gasteiger partial charge in [-0.2, -0.15) is 0 Å². The SMILES string of the molecule is Nc1c(Cl)c(Cl)nc(C(=O)[O-])c1Cl. The van der Waals surface area contributed by atoms with Crippen molar-refractivity contribution >= 4 is 46.5 Å². The van der Waals surface area contributed by atoms with E-state index in [9.17, 15) is 9.90 Å². The molecule has 0 bridgehead atoms. The first-order chi connectivity index (χ1) is 5.95. The molecule has 0 saturated heterocycles. The van der Waals surface area contributed by atoms with Gasteiger partial charge in [0.2, 0.25) is 0 Å². The monoisotopic (exact) mass is 239 g/mol. The summed E-state index contributed by atoms with van der Waals surface area (Å²) in [5, 5.41) is 9.86. The standard InChI is InChI=1S/C6H3Cl3N2O2/c7-1-3(10)2(8)5(9)11-4(1)6(12)13/h(H2,10,11)(H,12,13)/p-1. The van der Waals surface area contributed by atoms with Crippen LogP contribution in [-0.2, 0) is 0 Å². The van der Waals surface area contributed by atoms with Crippen LogP contribution in [0.4, 0.5) is 5.69 Å². The van der Waals surface area contributed by atoms with E-state index in [0.29, 0.717) is 0 Å². The number of halogens is 3. The van der Waals surface area contributed by atoms with E-state index in [4.69, 9.17) is 40.5 Å². The Kier molecular flexibility index (Phi) is 2.85. The third-order valence-electron chi connectivity index (χ3n) is 1.27. The van der Waals surface area contributed by atoms with E-state index in [1.807, 2.05) is 0 Å². The van der Waals surface area contributed by atoms with E-state index in [-0.39, 0.29) is 20.9 Å². The number of anilines is 1. The van der Waals surface area contributed by atoms with Gasteiger partial charge in [-0.3, -0.25) is 0 Å². The fraction of sp³-hybridized carbons (Fsp3) is 0. The van der Waals surface area contributed by atoms with Gasteiger partial charge in [0.25, 0.3) is 0 Å². The van der Waals surface area contributed by atoms with Gasteiger partial charge >= 0.3 is 0 Å². The highest BCUT2D eigenvalue weighted by atomic mass is 35.5. The van der Waals surface area contributed by atoms with Crippen molar-refractivity contribution in [1.82, 2.24) is 4.98 Å². The summed E-state index contributed by atoms with van der Waals surface area (Å²) in [5.74, 6) is -1.56. The number of hydrogen-bond acceptors (Lipinski definition) is 4. The summed E-state index contributed by atoms with van der Waals surface area (Å²) < 4.78 is 0. The highest BCUT2D eigenvalue weighted by Crippen LogP contribution is 2.33. The molecule has 0 fully saturated rings. The van der Waals surface area contributed by atoms with Crippen LogP contribution in [0.25, 0.3) is 0 Å². The van der Waals surface area contributed by atoms with Crippen molar-refractivity contribution in [3.63, 3.8) is 0 Å². The molecule has 1 aromatic heterocycles. The third-order valence-corrected chi connectivity index (χ3v) is 2.40. The molecule has 0 amide bonds. The van der Waals surface area contributed by atoms with Crippen LogP contribution in [0.15, 0.2) is 0 Å². The number of carbonyl (C=O) groups excluding carboxylic acids is 1. The quantitative estimate of drug-likeness (QED) is 0.742. The average Bonchev–Trinajstić information content (AvgIpc) is 2.07. The maximum Gasteiger partial charge on any atom is 0.150 e. The molecule has 0 radical (unpaired) electrons. The van der Waals surface area contributed by atoms with E-state index >= 15 is 0 Å². The van der Waals surface area contributed by atoms with E-state index in [2.05, 4.69) is 4.98 Å². The van der Waals surface area contributed by atoms with Crippen molar-refractivity contribution in [3.05, 3.63) is 20.9 Å². The van der Waals surface area contributed by atoms with Crippen molar-refractivity contribution in [2.45, 2.75) is 0 Å². The number of nitrogens with zero attached hydrogens (tertiary/aromatic N) is 1. The fourth-order valence-corrected chi connectivity index (χ4v) is 1.25. The summed E-state index contributed by atoms with van der Waals surface area (Å²) in [7, 11) is 0. The summed E-state index contributed by atoms with van der Waals surface area (Å²) in [6.07, 6.45) is 0. The van der Waals surface area contributed by atoms with Crippen molar-refractivity contribution in [2.75, 3.05) is 5.73 Å². The van der Waals surface area contributed by atoms with E-state index in [0.717, 1.165) is 0 Å². The van der Waals surface area contributed by atoms with Crippen molar-refractivity contribution in [3.8, 4) is 0 Å². The molecule has 1 rings (SSSR count). The molecule has 0 aliphatic carbocycles. The summed E-state index contributed by atoms with van der Waals surface area (Å²) >= 11 is 16.5. The van der Waals surface area contributed by atoms with Crippen LogP contribution in [0.1, 0.15) is 10.5 Å².